The van der Waals surface area contributed by atoms with Crippen LogP contribution in [0.1, 0.15) is 11.1 Å². The zero-order chi connectivity index (χ0) is 16.7. The summed E-state index contributed by atoms with van der Waals surface area (Å²) in [6.07, 6.45) is 1.67. The zero-order valence-corrected chi connectivity index (χ0v) is 13.8. The lowest BCUT2D eigenvalue weighted by molar-refractivity contribution is 0.615. The molecule has 0 amide bonds. The first-order valence-corrected chi connectivity index (χ1v) is 8.01. The number of aryl methyl sites for hydroxylation is 1. The third-order valence-electron chi connectivity index (χ3n) is 4.15. The van der Waals surface area contributed by atoms with Gasteiger partial charge in [-0.15, -0.1) is 0 Å². The maximum absolute atomic E-state index is 12.3. The molecule has 0 spiro atoms. The van der Waals surface area contributed by atoms with Crippen molar-refractivity contribution in [3.05, 3.63) is 75.2 Å². The van der Waals surface area contributed by atoms with Gasteiger partial charge in [-0.3, -0.25) is 4.79 Å². The number of anilines is 1. The van der Waals surface area contributed by atoms with Gasteiger partial charge >= 0.3 is 0 Å². The Kier molecular flexibility index (Phi) is 3.54. The van der Waals surface area contributed by atoms with E-state index in [0.29, 0.717) is 17.1 Å². The third kappa shape index (κ3) is 2.65. The van der Waals surface area contributed by atoms with Gasteiger partial charge in [-0.1, -0.05) is 11.6 Å². The number of halogens is 1. The van der Waals surface area contributed by atoms with E-state index in [1.165, 1.54) is 0 Å². The summed E-state index contributed by atoms with van der Waals surface area (Å²) >= 11 is 6.03. The van der Waals surface area contributed by atoms with Gasteiger partial charge in [0, 0.05) is 39.1 Å². The first-order chi connectivity index (χ1) is 11.6. The number of hydrogen-bond donors (Lipinski definition) is 2. The van der Waals surface area contributed by atoms with Gasteiger partial charge in [0.15, 0.2) is 0 Å². The molecule has 4 aromatic rings. The highest BCUT2D eigenvalue weighted by atomic mass is 35.5. The number of benzene rings is 2. The van der Waals surface area contributed by atoms with Crippen molar-refractivity contribution < 1.29 is 4.42 Å². The molecule has 4 nitrogen and oxygen atoms in total. The molecule has 0 radical (unpaired) electrons. The summed E-state index contributed by atoms with van der Waals surface area (Å²) in [5.41, 5.74) is 4.25. The van der Waals surface area contributed by atoms with Crippen LogP contribution in [0, 0.1) is 6.92 Å². The Bertz CT molecular complexity index is 1110. The van der Waals surface area contributed by atoms with Gasteiger partial charge in [0.05, 0.1) is 6.26 Å². The standard InChI is InChI=1S/C19H15ClN2O2/c1-11-6-18-12(4-5-24-18)9-17(11)21-10-14-7-13-8-15(20)2-3-16(13)22-19(14)23/h2-9,21H,10H2,1H3,(H,22,23). The van der Waals surface area contributed by atoms with E-state index in [-0.39, 0.29) is 5.56 Å². The van der Waals surface area contributed by atoms with Crippen LogP contribution in [0.4, 0.5) is 5.69 Å². The predicted octanol–water partition coefficient (Wildman–Crippen LogP) is 4.85. The van der Waals surface area contributed by atoms with E-state index in [9.17, 15) is 4.79 Å². The number of rotatable bonds is 3. The molecule has 0 unspecified atom stereocenters. The number of aromatic amines is 1. The highest BCUT2D eigenvalue weighted by molar-refractivity contribution is 6.31. The van der Waals surface area contributed by atoms with Crippen LogP contribution in [0.25, 0.3) is 21.9 Å². The average Bonchev–Trinajstić information content (AvgIpc) is 3.00. The second-order valence-corrected chi connectivity index (χ2v) is 6.27. The van der Waals surface area contributed by atoms with Crippen LogP contribution in [0.3, 0.4) is 0 Å². The molecule has 2 aromatic heterocycles. The predicted molar refractivity (Wildman–Crippen MR) is 97.9 cm³/mol. The van der Waals surface area contributed by atoms with Crippen LogP contribution >= 0.6 is 11.6 Å². The molecule has 0 aliphatic carbocycles. The van der Waals surface area contributed by atoms with Crippen LogP contribution in [0.5, 0.6) is 0 Å². The van der Waals surface area contributed by atoms with Crippen molar-refractivity contribution in [3.8, 4) is 0 Å². The lowest BCUT2D eigenvalue weighted by Gasteiger charge is -2.10. The molecule has 0 aliphatic heterocycles. The SMILES string of the molecule is Cc1cc2occc2cc1NCc1cc2cc(Cl)ccc2[nH]c1=O. The third-order valence-corrected chi connectivity index (χ3v) is 4.39. The molecule has 0 saturated heterocycles. The molecular weight excluding hydrogens is 324 g/mol. The first kappa shape index (κ1) is 14.8. The van der Waals surface area contributed by atoms with Crippen molar-refractivity contribution in [1.82, 2.24) is 4.98 Å². The van der Waals surface area contributed by atoms with E-state index >= 15 is 0 Å². The van der Waals surface area contributed by atoms with E-state index in [1.807, 2.05) is 43.3 Å². The number of furan rings is 1. The van der Waals surface area contributed by atoms with Gasteiger partial charge < -0.3 is 14.7 Å². The minimum atomic E-state index is -0.0978. The fraction of sp³-hybridized carbons (Fsp3) is 0.105. The van der Waals surface area contributed by atoms with Crippen molar-refractivity contribution in [2.75, 3.05) is 5.32 Å². The second-order valence-electron chi connectivity index (χ2n) is 5.83. The van der Waals surface area contributed by atoms with Crippen molar-refractivity contribution in [2.45, 2.75) is 13.5 Å². The monoisotopic (exact) mass is 338 g/mol. The number of pyridine rings is 1. The van der Waals surface area contributed by atoms with E-state index in [1.54, 1.807) is 12.3 Å². The van der Waals surface area contributed by atoms with Gasteiger partial charge in [0.25, 0.3) is 5.56 Å². The summed E-state index contributed by atoms with van der Waals surface area (Å²) in [7, 11) is 0. The molecule has 2 heterocycles. The van der Waals surface area contributed by atoms with Crippen molar-refractivity contribution in [3.63, 3.8) is 0 Å². The summed E-state index contributed by atoms with van der Waals surface area (Å²) < 4.78 is 5.40. The summed E-state index contributed by atoms with van der Waals surface area (Å²) in [6, 6.07) is 13.2. The van der Waals surface area contributed by atoms with Crippen LogP contribution < -0.4 is 10.9 Å². The molecule has 0 bridgehead atoms. The van der Waals surface area contributed by atoms with Crippen LogP contribution in [0.15, 0.2) is 57.9 Å². The molecule has 2 aromatic carbocycles. The van der Waals surface area contributed by atoms with Gasteiger partial charge in [-0.05, 0) is 55.0 Å². The Morgan fingerprint density at radius 2 is 2.00 bits per heavy atom. The molecule has 0 aliphatic rings. The summed E-state index contributed by atoms with van der Waals surface area (Å²) in [6.45, 7) is 2.44. The van der Waals surface area contributed by atoms with Crippen LogP contribution in [0.2, 0.25) is 5.02 Å². The largest absolute Gasteiger partial charge is 0.464 e. The van der Waals surface area contributed by atoms with Gasteiger partial charge in [0.1, 0.15) is 5.58 Å². The molecule has 2 N–H and O–H groups in total. The molecular formula is C19H15ClN2O2. The fourth-order valence-electron chi connectivity index (χ4n) is 2.85. The van der Waals surface area contributed by atoms with E-state index in [2.05, 4.69) is 10.3 Å². The smallest absolute Gasteiger partial charge is 0.253 e. The number of aromatic nitrogens is 1. The fourth-order valence-corrected chi connectivity index (χ4v) is 3.03. The topological polar surface area (TPSA) is 58.0 Å². The molecule has 0 atom stereocenters. The number of nitrogens with one attached hydrogen (secondary N) is 2. The maximum atomic E-state index is 12.3. The molecule has 0 fully saturated rings. The maximum Gasteiger partial charge on any atom is 0.253 e. The molecule has 5 heteroatoms. The Hall–Kier alpha value is -2.72. The van der Waals surface area contributed by atoms with E-state index in [0.717, 1.165) is 33.1 Å². The lowest BCUT2D eigenvalue weighted by atomic mass is 10.1. The number of fused-ring (bicyclic) bond motifs is 2. The average molecular weight is 339 g/mol. The quantitative estimate of drug-likeness (QED) is 0.561. The molecule has 4 rings (SSSR count). The van der Waals surface area contributed by atoms with Crippen molar-refractivity contribution in [1.29, 1.82) is 0 Å². The molecule has 24 heavy (non-hydrogen) atoms. The normalized spacial score (nSPS) is 11.2. The minimum absolute atomic E-state index is 0.0978. The van der Waals surface area contributed by atoms with Gasteiger partial charge in [-0.2, -0.15) is 0 Å². The summed E-state index contributed by atoms with van der Waals surface area (Å²) in [5.74, 6) is 0. The van der Waals surface area contributed by atoms with Gasteiger partial charge in [-0.25, -0.2) is 0 Å². The van der Waals surface area contributed by atoms with Crippen LogP contribution in [-0.4, -0.2) is 4.98 Å². The molecule has 0 saturated carbocycles. The number of H-pyrrole nitrogens is 1. The van der Waals surface area contributed by atoms with E-state index < -0.39 is 0 Å². The summed E-state index contributed by atoms with van der Waals surface area (Å²) in [5, 5.41) is 5.93. The van der Waals surface area contributed by atoms with Gasteiger partial charge in [0.2, 0.25) is 0 Å². The van der Waals surface area contributed by atoms with Crippen molar-refractivity contribution in [2.24, 2.45) is 0 Å². The summed E-state index contributed by atoms with van der Waals surface area (Å²) in [4.78, 5) is 15.1. The second kappa shape index (κ2) is 5.73. The van der Waals surface area contributed by atoms with Crippen molar-refractivity contribution >= 4 is 39.2 Å². The minimum Gasteiger partial charge on any atom is -0.464 e. The zero-order valence-electron chi connectivity index (χ0n) is 13.0. The Morgan fingerprint density at radius 1 is 1.12 bits per heavy atom. The first-order valence-electron chi connectivity index (χ1n) is 7.63. The Labute approximate surface area is 143 Å². The molecule has 120 valence electrons. The van der Waals surface area contributed by atoms with E-state index in [4.69, 9.17) is 16.0 Å². The number of hydrogen-bond acceptors (Lipinski definition) is 3. The Balaban J connectivity index is 1.67. The highest BCUT2D eigenvalue weighted by Crippen LogP contribution is 2.25. The lowest BCUT2D eigenvalue weighted by Crippen LogP contribution is -2.15. The van der Waals surface area contributed by atoms with Crippen LogP contribution in [-0.2, 0) is 6.54 Å². The Morgan fingerprint density at radius 3 is 2.88 bits per heavy atom. The highest BCUT2D eigenvalue weighted by Gasteiger charge is 2.07.